The molecule has 34 heavy (non-hydrogen) atoms. The number of aromatic nitrogens is 3. The molecule has 4 rings (SSSR count). The summed E-state index contributed by atoms with van der Waals surface area (Å²) in [5, 5.41) is 7.65. The summed E-state index contributed by atoms with van der Waals surface area (Å²) < 4.78 is 16.6. The van der Waals surface area contributed by atoms with Crippen molar-refractivity contribution in [2.75, 3.05) is 26.6 Å². The second-order valence-corrected chi connectivity index (χ2v) is 8.21. The second-order valence-electron chi connectivity index (χ2n) is 7.26. The fourth-order valence-corrected chi connectivity index (χ4v) is 4.13. The van der Waals surface area contributed by atoms with E-state index < -0.39 is 0 Å². The third kappa shape index (κ3) is 5.23. The highest BCUT2D eigenvalue weighted by Gasteiger charge is 2.17. The van der Waals surface area contributed by atoms with Crippen LogP contribution in [0.4, 0.5) is 0 Å². The van der Waals surface area contributed by atoms with Crippen molar-refractivity contribution in [1.29, 1.82) is 0 Å². The van der Waals surface area contributed by atoms with Crippen LogP contribution in [-0.4, -0.2) is 47.5 Å². The average molecular weight is 476 g/mol. The van der Waals surface area contributed by atoms with Crippen LogP contribution >= 0.6 is 11.8 Å². The number of methoxy groups -OCH3 is 2. The number of nitrogens with one attached hydrogen (secondary N) is 1. The fourth-order valence-electron chi connectivity index (χ4n) is 3.44. The summed E-state index contributed by atoms with van der Waals surface area (Å²) in [6.07, 6.45) is 0. The molecule has 8 heteroatoms. The van der Waals surface area contributed by atoms with Crippen molar-refractivity contribution in [3.05, 3.63) is 72.3 Å². The van der Waals surface area contributed by atoms with E-state index in [-0.39, 0.29) is 11.5 Å². The first kappa shape index (κ1) is 23.4. The molecule has 1 heterocycles. The van der Waals surface area contributed by atoms with Gasteiger partial charge in [-0.15, -0.1) is 5.10 Å². The predicted molar refractivity (Wildman–Crippen MR) is 133 cm³/mol. The lowest BCUT2D eigenvalue weighted by molar-refractivity contribution is 0.102. The zero-order valence-corrected chi connectivity index (χ0v) is 20.0. The molecule has 1 N–H and O–H groups in total. The van der Waals surface area contributed by atoms with E-state index in [2.05, 4.69) is 15.2 Å². The lowest BCUT2D eigenvalue weighted by Crippen LogP contribution is -2.02. The van der Waals surface area contributed by atoms with Gasteiger partial charge in [0, 0.05) is 11.1 Å². The Morgan fingerprint density at radius 2 is 1.56 bits per heavy atom. The van der Waals surface area contributed by atoms with Gasteiger partial charge in [-0.1, -0.05) is 66.4 Å². The van der Waals surface area contributed by atoms with Gasteiger partial charge in [0.05, 0.1) is 26.6 Å². The molecule has 0 aliphatic carbocycles. The molecule has 0 radical (unpaired) electrons. The van der Waals surface area contributed by atoms with Crippen LogP contribution in [0, 0.1) is 0 Å². The zero-order valence-electron chi connectivity index (χ0n) is 19.2. The minimum Gasteiger partial charge on any atom is -0.493 e. The molecule has 3 aromatic carbocycles. The molecule has 0 bridgehead atoms. The molecular weight excluding hydrogens is 450 g/mol. The van der Waals surface area contributed by atoms with Crippen LogP contribution in [0.15, 0.2) is 71.9 Å². The first-order chi connectivity index (χ1) is 16.6. The summed E-state index contributed by atoms with van der Waals surface area (Å²) in [7, 11) is 3.14. The molecule has 0 aliphatic rings. The van der Waals surface area contributed by atoms with E-state index in [0.717, 1.165) is 16.7 Å². The van der Waals surface area contributed by atoms with Crippen molar-refractivity contribution >= 4 is 17.5 Å². The minimum absolute atomic E-state index is 0.0142. The number of nitrogens with zero attached hydrogens (tertiary/aromatic N) is 2. The summed E-state index contributed by atoms with van der Waals surface area (Å²) in [5.74, 6) is 2.40. The van der Waals surface area contributed by atoms with Gasteiger partial charge in [-0.2, -0.15) is 0 Å². The van der Waals surface area contributed by atoms with E-state index >= 15 is 0 Å². The molecular formula is C26H25N3O4S. The number of hydrogen-bond acceptors (Lipinski definition) is 7. The van der Waals surface area contributed by atoms with Gasteiger partial charge in [-0.25, -0.2) is 4.98 Å². The van der Waals surface area contributed by atoms with Crippen LogP contribution in [-0.2, 0) is 0 Å². The van der Waals surface area contributed by atoms with E-state index in [4.69, 9.17) is 14.2 Å². The van der Waals surface area contributed by atoms with Gasteiger partial charge in [0.15, 0.2) is 23.1 Å². The number of H-pyrrole nitrogens is 1. The summed E-state index contributed by atoms with van der Waals surface area (Å²) >= 11 is 1.28. The number of aromatic amines is 1. The van der Waals surface area contributed by atoms with Crippen LogP contribution in [0.25, 0.3) is 22.5 Å². The molecule has 0 saturated heterocycles. The largest absolute Gasteiger partial charge is 0.493 e. The third-order valence-electron chi connectivity index (χ3n) is 5.13. The molecule has 7 nitrogen and oxygen atoms in total. The molecule has 0 aliphatic heterocycles. The van der Waals surface area contributed by atoms with Gasteiger partial charge in [-0.3, -0.25) is 9.89 Å². The molecule has 0 spiro atoms. The highest BCUT2D eigenvalue weighted by Crippen LogP contribution is 2.41. The number of thioether (sulfide) groups is 1. The van der Waals surface area contributed by atoms with Crippen LogP contribution in [0.1, 0.15) is 17.3 Å². The van der Waals surface area contributed by atoms with Gasteiger partial charge in [0.25, 0.3) is 0 Å². The molecule has 0 saturated carbocycles. The number of ether oxygens (including phenoxy) is 3. The number of carbonyl (C=O) groups is 1. The maximum atomic E-state index is 12.7. The number of rotatable bonds is 10. The maximum Gasteiger partial charge on any atom is 0.209 e. The number of hydrogen-bond donors (Lipinski definition) is 1. The molecule has 0 fully saturated rings. The van der Waals surface area contributed by atoms with Crippen molar-refractivity contribution < 1.29 is 19.0 Å². The Hall–Kier alpha value is -3.78. The number of ketones is 1. The Morgan fingerprint density at radius 3 is 2.18 bits per heavy atom. The molecule has 4 aromatic rings. The summed E-state index contributed by atoms with van der Waals surface area (Å²) in [6.45, 7) is 2.38. The topological polar surface area (TPSA) is 86.3 Å². The van der Waals surface area contributed by atoms with Crippen molar-refractivity contribution in [3.8, 4) is 39.8 Å². The minimum atomic E-state index is 0.0142. The van der Waals surface area contributed by atoms with Crippen LogP contribution in [0.2, 0.25) is 0 Å². The van der Waals surface area contributed by atoms with E-state index in [1.54, 1.807) is 14.2 Å². The summed E-state index contributed by atoms with van der Waals surface area (Å²) in [4.78, 5) is 17.2. The standard InChI is InChI=1S/C26H25N3O4S/c1-4-33-24-22(31-2)14-20(15-23(24)32-3)25-27-26(29-28-25)34-16-21(30)19-12-10-18(11-13-19)17-8-6-5-7-9-17/h5-15H,4,16H2,1-3H3,(H,27,28,29). The SMILES string of the molecule is CCOc1c(OC)cc(-c2nc(SCC(=O)c3ccc(-c4ccccc4)cc3)n[nH]2)cc1OC. The van der Waals surface area contributed by atoms with Crippen molar-refractivity contribution in [2.45, 2.75) is 12.1 Å². The molecule has 1 aromatic heterocycles. The fraction of sp³-hybridized carbons (Fsp3) is 0.192. The van der Waals surface area contributed by atoms with Crippen LogP contribution < -0.4 is 14.2 Å². The lowest BCUT2D eigenvalue weighted by atomic mass is 10.0. The highest BCUT2D eigenvalue weighted by molar-refractivity contribution is 7.99. The zero-order chi connectivity index (χ0) is 23.9. The Balaban J connectivity index is 1.44. The Bertz CT molecular complexity index is 1230. The molecule has 0 atom stereocenters. The van der Waals surface area contributed by atoms with E-state index in [9.17, 15) is 4.79 Å². The van der Waals surface area contributed by atoms with Gasteiger partial charge in [0.1, 0.15) is 0 Å². The van der Waals surface area contributed by atoms with Gasteiger partial charge >= 0.3 is 0 Å². The van der Waals surface area contributed by atoms with E-state index in [1.165, 1.54) is 11.8 Å². The van der Waals surface area contributed by atoms with Crippen molar-refractivity contribution in [1.82, 2.24) is 15.2 Å². The number of Topliss-reactive ketones (excluding diaryl/α,β-unsaturated/α-hetero) is 1. The van der Waals surface area contributed by atoms with Crippen LogP contribution in [0.3, 0.4) is 0 Å². The third-order valence-corrected chi connectivity index (χ3v) is 5.98. The first-order valence-corrected chi connectivity index (χ1v) is 11.7. The quantitative estimate of drug-likeness (QED) is 0.238. The molecule has 0 unspecified atom stereocenters. The summed E-state index contributed by atoms with van der Waals surface area (Å²) in [6, 6.07) is 21.3. The van der Waals surface area contributed by atoms with Gasteiger partial charge in [0.2, 0.25) is 10.9 Å². The monoisotopic (exact) mass is 475 g/mol. The van der Waals surface area contributed by atoms with Crippen molar-refractivity contribution in [2.24, 2.45) is 0 Å². The van der Waals surface area contributed by atoms with Crippen molar-refractivity contribution in [3.63, 3.8) is 0 Å². The Kier molecular flexibility index (Phi) is 7.49. The molecule has 174 valence electrons. The lowest BCUT2D eigenvalue weighted by Gasteiger charge is -2.14. The smallest absolute Gasteiger partial charge is 0.209 e. The maximum absolute atomic E-state index is 12.7. The van der Waals surface area contributed by atoms with E-state index in [1.807, 2.05) is 73.7 Å². The number of benzene rings is 3. The highest BCUT2D eigenvalue weighted by atomic mass is 32.2. The second kappa shape index (κ2) is 10.9. The Labute approximate surface area is 202 Å². The van der Waals surface area contributed by atoms with E-state index in [0.29, 0.717) is 40.4 Å². The predicted octanol–water partition coefficient (Wildman–Crippen LogP) is 5.53. The Morgan fingerprint density at radius 1 is 0.912 bits per heavy atom. The first-order valence-electron chi connectivity index (χ1n) is 10.8. The van der Waals surface area contributed by atoms with Crippen LogP contribution in [0.5, 0.6) is 17.2 Å². The number of carbonyl (C=O) groups excluding carboxylic acids is 1. The molecule has 0 amide bonds. The summed E-state index contributed by atoms with van der Waals surface area (Å²) in [5.41, 5.74) is 3.58. The average Bonchev–Trinajstić information content (AvgIpc) is 3.37. The van der Waals surface area contributed by atoms with Gasteiger partial charge in [-0.05, 0) is 30.2 Å². The normalized spacial score (nSPS) is 10.7. The van der Waals surface area contributed by atoms with Gasteiger partial charge < -0.3 is 14.2 Å².